The van der Waals surface area contributed by atoms with E-state index < -0.39 is 11.6 Å². The summed E-state index contributed by atoms with van der Waals surface area (Å²) in [4.78, 5) is 0. The summed E-state index contributed by atoms with van der Waals surface area (Å²) in [6, 6.07) is 10.4. The van der Waals surface area contributed by atoms with E-state index in [1.54, 1.807) is 24.3 Å². The Labute approximate surface area is 131 Å². The standard InChI is InChI=1S/C20H22F2/c1-13-3-7-15(8-4-13)17-11-18(21)20(19(22)12-17)16-9-5-14(2)6-10-16/h5-6,9-13,15H,3-4,7-8H2,1-2H3. The van der Waals surface area contributed by atoms with Gasteiger partial charge in [0, 0.05) is 0 Å². The minimum Gasteiger partial charge on any atom is -0.206 e. The van der Waals surface area contributed by atoms with E-state index in [2.05, 4.69) is 6.92 Å². The summed E-state index contributed by atoms with van der Waals surface area (Å²) in [6.07, 6.45) is 4.36. The molecule has 22 heavy (non-hydrogen) atoms. The summed E-state index contributed by atoms with van der Waals surface area (Å²) in [5, 5.41) is 0. The van der Waals surface area contributed by atoms with Crippen LogP contribution in [0.3, 0.4) is 0 Å². The molecule has 0 heterocycles. The van der Waals surface area contributed by atoms with Gasteiger partial charge in [0.15, 0.2) is 0 Å². The Bertz CT molecular complexity index is 627. The van der Waals surface area contributed by atoms with Crippen molar-refractivity contribution >= 4 is 0 Å². The summed E-state index contributed by atoms with van der Waals surface area (Å²) < 4.78 is 29.0. The van der Waals surface area contributed by atoms with E-state index in [0.29, 0.717) is 11.5 Å². The van der Waals surface area contributed by atoms with Crippen molar-refractivity contribution in [3.8, 4) is 11.1 Å². The summed E-state index contributed by atoms with van der Waals surface area (Å²) >= 11 is 0. The van der Waals surface area contributed by atoms with Crippen LogP contribution in [-0.4, -0.2) is 0 Å². The summed E-state index contributed by atoms with van der Waals surface area (Å²) in [5.41, 5.74) is 2.59. The van der Waals surface area contributed by atoms with Crippen LogP contribution in [-0.2, 0) is 0 Å². The lowest BCUT2D eigenvalue weighted by Crippen LogP contribution is -2.11. The van der Waals surface area contributed by atoms with Crippen molar-refractivity contribution in [2.24, 2.45) is 5.92 Å². The number of aryl methyl sites for hydroxylation is 1. The number of hydrogen-bond donors (Lipinski definition) is 0. The lowest BCUT2D eigenvalue weighted by atomic mass is 9.79. The zero-order chi connectivity index (χ0) is 15.7. The van der Waals surface area contributed by atoms with Crippen LogP contribution in [0.4, 0.5) is 8.78 Å². The molecule has 0 spiro atoms. The second-order valence-corrected chi connectivity index (χ2v) is 6.68. The fourth-order valence-electron chi connectivity index (χ4n) is 3.42. The number of rotatable bonds is 2. The van der Waals surface area contributed by atoms with E-state index in [9.17, 15) is 8.78 Å². The average Bonchev–Trinajstić information content (AvgIpc) is 2.49. The van der Waals surface area contributed by atoms with Crippen molar-refractivity contribution in [3.05, 3.63) is 59.2 Å². The molecule has 1 saturated carbocycles. The van der Waals surface area contributed by atoms with Crippen LogP contribution in [0.25, 0.3) is 11.1 Å². The second kappa shape index (κ2) is 6.20. The number of benzene rings is 2. The molecule has 0 N–H and O–H groups in total. The summed E-state index contributed by atoms with van der Waals surface area (Å²) in [6.45, 7) is 4.21. The molecule has 1 aliphatic carbocycles. The van der Waals surface area contributed by atoms with E-state index in [0.717, 1.165) is 42.7 Å². The van der Waals surface area contributed by atoms with E-state index in [4.69, 9.17) is 0 Å². The van der Waals surface area contributed by atoms with Crippen molar-refractivity contribution in [1.82, 2.24) is 0 Å². The third-order valence-corrected chi connectivity index (χ3v) is 4.89. The molecule has 0 unspecified atom stereocenters. The van der Waals surface area contributed by atoms with Crippen molar-refractivity contribution in [2.75, 3.05) is 0 Å². The first kappa shape index (κ1) is 15.2. The maximum absolute atomic E-state index is 14.5. The van der Waals surface area contributed by atoms with Gasteiger partial charge in [0.25, 0.3) is 0 Å². The third-order valence-electron chi connectivity index (χ3n) is 4.89. The van der Waals surface area contributed by atoms with Gasteiger partial charge in [-0.05, 0) is 54.9 Å². The molecule has 1 aliphatic rings. The molecule has 0 nitrogen and oxygen atoms in total. The molecule has 0 atom stereocenters. The number of halogens is 2. The van der Waals surface area contributed by atoms with Crippen molar-refractivity contribution < 1.29 is 8.78 Å². The molecule has 0 aromatic heterocycles. The first-order chi connectivity index (χ1) is 10.5. The molecule has 0 aliphatic heterocycles. The highest BCUT2D eigenvalue weighted by Crippen LogP contribution is 2.38. The van der Waals surface area contributed by atoms with Crippen molar-refractivity contribution in [2.45, 2.75) is 45.4 Å². The minimum absolute atomic E-state index is 0.0907. The largest absolute Gasteiger partial charge is 0.206 e. The Kier molecular flexibility index (Phi) is 4.28. The molecule has 1 fully saturated rings. The second-order valence-electron chi connectivity index (χ2n) is 6.68. The van der Waals surface area contributed by atoms with Gasteiger partial charge < -0.3 is 0 Å². The fraction of sp³-hybridized carbons (Fsp3) is 0.400. The molecule has 2 heteroatoms. The van der Waals surface area contributed by atoms with Crippen LogP contribution in [0.5, 0.6) is 0 Å². The van der Waals surface area contributed by atoms with Crippen LogP contribution >= 0.6 is 0 Å². The van der Waals surface area contributed by atoms with Gasteiger partial charge in [0.2, 0.25) is 0 Å². The normalized spacial score (nSPS) is 21.8. The van der Waals surface area contributed by atoms with E-state index in [1.165, 1.54) is 0 Å². The van der Waals surface area contributed by atoms with Crippen LogP contribution in [0, 0.1) is 24.5 Å². The zero-order valence-corrected chi connectivity index (χ0v) is 13.2. The maximum Gasteiger partial charge on any atom is 0.134 e. The van der Waals surface area contributed by atoms with Crippen LogP contribution in [0.2, 0.25) is 0 Å². The monoisotopic (exact) mass is 300 g/mol. The molecule has 2 aromatic rings. The number of hydrogen-bond acceptors (Lipinski definition) is 0. The van der Waals surface area contributed by atoms with E-state index in [-0.39, 0.29) is 5.56 Å². The maximum atomic E-state index is 14.5. The van der Waals surface area contributed by atoms with Crippen LogP contribution < -0.4 is 0 Å². The predicted octanol–water partition coefficient (Wildman–Crippen LogP) is 6.23. The van der Waals surface area contributed by atoms with E-state index >= 15 is 0 Å². The van der Waals surface area contributed by atoms with Crippen LogP contribution in [0.1, 0.15) is 49.7 Å². The highest BCUT2D eigenvalue weighted by molar-refractivity contribution is 5.65. The molecule has 0 saturated heterocycles. The van der Waals surface area contributed by atoms with Gasteiger partial charge in [-0.1, -0.05) is 49.6 Å². The molecular formula is C20H22F2. The topological polar surface area (TPSA) is 0 Å². The smallest absolute Gasteiger partial charge is 0.134 e. The lowest BCUT2D eigenvalue weighted by Gasteiger charge is -2.26. The van der Waals surface area contributed by atoms with Gasteiger partial charge in [0.1, 0.15) is 11.6 Å². The van der Waals surface area contributed by atoms with Gasteiger partial charge in [-0.2, -0.15) is 0 Å². The summed E-state index contributed by atoms with van der Waals surface area (Å²) in [5.74, 6) is 0.139. The van der Waals surface area contributed by atoms with Gasteiger partial charge in [0.05, 0.1) is 5.56 Å². The van der Waals surface area contributed by atoms with Crippen LogP contribution in [0.15, 0.2) is 36.4 Å². The van der Waals surface area contributed by atoms with Gasteiger partial charge in [-0.25, -0.2) is 8.78 Å². The highest BCUT2D eigenvalue weighted by Gasteiger charge is 2.22. The Morgan fingerprint density at radius 1 is 0.864 bits per heavy atom. The first-order valence-corrected chi connectivity index (χ1v) is 8.10. The summed E-state index contributed by atoms with van der Waals surface area (Å²) in [7, 11) is 0. The first-order valence-electron chi connectivity index (χ1n) is 8.10. The quantitative estimate of drug-likeness (QED) is 0.616. The molecule has 0 bridgehead atoms. The Morgan fingerprint density at radius 2 is 1.41 bits per heavy atom. The Hall–Kier alpha value is -1.70. The Morgan fingerprint density at radius 3 is 1.95 bits per heavy atom. The van der Waals surface area contributed by atoms with E-state index in [1.807, 2.05) is 19.1 Å². The third kappa shape index (κ3) is 3.06. The van der Waals surface area contributed by atoms with Gasteiger partial charge >= 0.3 is 0 Å². The molecule has 3 rings (SSSR count). The van der Waals surface area contributed by atoms with Crippen molar-refractivity contribution in [3.63, 3.8) is 0 Å². The SMILES string of the molecule is Cc1ccc(-c2c(F)cc(C3CCC(C)CC3)cc2F)cc1. The molecule has 116 valence electrons. The van der Waals surface area contributed by atoms with Gasteiger partial charge in [-0.3, -0.25) is 0 Å². The predicted molar refractivity (Wildman–Crippen MR) is 86.9 cm³/mol. The Balaban J connectivity index is 1.93. The van der Waals surface area contributed by atoms with Crippen molar-refractivity contribution in [1.29, 1.82) is 0 Å². The highest BCUT2D eigenvalue weighted by atomic mass is 19.1. The zero-order valence-electron chi connectivity index (χ0n) is 13.2. The fourth-order valence-corrected chi connectivity index (χ4v) is 3.42. The molecule has 2 aromatic carbocycles. The molecule has 0 amide bonds. The minimum atomic E-state index is -0.447. The molecule has 0 radical (unpaired) electrons. The molecular weight excluding hydrogens is 278 g/mol. The average molecular weight is 300 g/mol. The van der Waals surface area contributed by atoms with Gasteiger partial charge in [-0.15, -0.1) is 0 Å². The lowest BCUT2D eigenvalue weighted by molar-refractivity contribution is 0.346.